The first kappa shape index (κ1) is 26.1. The molecule has 1 aliphatic carbocycles. The Labute approximate surface area is 232 Å². The number of para-hydroxylation sites is 2. The minimum atomic E-state index is -4.55. The zero-order chi connectivity index (χ0) is 28.5. The summed E-state index contributed by atoms with van der Waals surface area (Å²) in [6, 6.07) is 7.32. The van der Waals surface area contributed by atoms with Gasteiger partial charge in [-0.2, -0.15) is 28.1 Å². The van der Waals surface area contributed by atoms with E-state index in [9.17, 15) is 18.0 Å². The van der Waals surface area contributed by atoms with Crippen LogP contribution in [0.1, 0.15) is 19.2 Å². The van der Waals surface area contributed by atoms with Crippen molar-refractivity contribution in [2.75, 3.05) is 44.3 Å². The van der Waals surface area contributed by atoms with Gasteiger partial charge in [0.2, 0.25) is 5.95 Å². The number of carbonyl (C=O) groups is 1. The normalized spacial score (nSPS) is 23.7. The third kappa shape index (κ3) is 4.06. The Hall–Kier alpha value is -3.78. The average Bonchev–Trinajstić information content (AvgIpc) is 3.47. The summed E-state index contributed by atoms with van der Waals surface area (Å²) in [6.07, 6.45) is -4.38. The molecule has 1 aromatic carbocycles. The molecule has 2 atom stereocenters. The molecule has 0 radical (unpaired) electrons. The second-order valence-electron chi connectivity index (χ2n) is 10.8. The van der Waals surface area contributed by atoms with E-state index in [4.69, 9.17) is 29.4 Å². The molecule has 0 N–H and O–H groups in total. The van der Waals surface area contributed by atoms with Gasteiger partial charge in [0, 0.05) is 45.7 Å². The Balaban J connectivity index is 1.22. The van der Waals surface area contributed by atoms with Crippen LogP contribution < -0.4 is 9.64 Å². The monoisotopic (exact) mass is 570 g/mol. The number of carbonyl (C=O) groups excluding carboxylic acids is 1. The number of hydrogen-bond acceptors (Lipinski definition) is 9. The average molecular weight is 571 g/mol. The summed E-state index contributed by atoms with van der Waals surface area (Å²) in [5.74, 6) is 1.96. The highest BCUT2D eigenvalue weighted by Crippen LogP contribution is 2.59. The summed E-state index contributed by atoms with van der Waals surface area (Å²) in [5.41, 5.74) is 0.635. The fourth-order valence-electron chi connectivity index (χ4n) is 5.91. The van der Waals surface area contributed by atoms with Crippen LogP contribution in [0.4, 0.5) is 19.0 Å². The highest BCUT2D eigenvalue weighted by Gasteiger charge is 2.73. The van der Waals surface area contributed by atoms with E-state index in [-0.39, 0.29) is 31.9 Å². The quantitative estimate of drug-likeness (QED) is 0.310. The second-order valence-corrected chi connectivity index (χ2v) is 10.8. The Kier molecular flexibility index (Phi) is 5.98. The van der Waals surface area contributed by atoms with Gasteiger partial charge in [0.05, 0.1) is 24.2 Å². The van der Waals surface area contributed by atoms with Gasteiger partial charge >= 0.3 is 6.18 Å². The lowest BCUT2D eigenvalue weighted by Gasteiger charge is -2.39. The first-order valence-corrected chi connectivity index (χ1v) is 13.7. The van der Waals surface area contributed by atoms with Crippen molar-refractivity contribution in [1.29, 1.82) is 0 Å². The zero-order valence-electron chi connectivity index (χ0n) is 22.6. The minimum Gasteiger partial charge on any atom is -0.459 e. The molecule has 3 aliphatic rings. The predicted molar refractivity (Wildman–Crippen MR) is 142 cm³/mol. The summed E-state index contributed by atoms with van der Waals surface area (Å²) in [7, 11) is 1.80. The van der Waals surface area contributed by atoms with Crippen molar-refractivity contribution >= 4 is 34.3 Å². The molecular weight excluding hydrogens is 541 g/mol. The molecule has 2 saturated heterocycles. The fraction of sp³-hybridized carbons (Fsp3) is 0.519. The molecular formula is C27H29F3N8O3. The summed E-state index contributed by atoms with van der Waals surface area (Å²) in [4.78, 5) is 34.5. The summed E-state index contributed by atoms with van der Waals surface area (Å²) >= 11 is 0. The van der Waals surface area contributed by atoms with Crippen molar-refractivity contribution in [3.05, 3.63) is 30.1 Å². The molecule has 3 aromatic heterocycles. The Morgan fingerprint density at radius 2 is 1.88 bits per heavy atom. The van der Waals surface area contributed by atoms with E-state index in [1.165, 1.54) is 0 Å². The topological polar surface area (TPSA) is 103 Å². The number of likely N-dealkylation sites (tertiary alicyclic amines) is 1. The van der Waals surface area contributed by atoms with Gasteiger partial charge in [0.15, 0.2) is 17.0 Å². The molecule has 1 saturated carbocycles. The van der Waals surface area contributed by atoms with Gasteiger partial charge in [-0.05, 0) is 18.6 Å². The predicted octanol–water partition coefficient (Wildman–Crippen LogP) is 2.68. The maximum atomic E-state index is 13.4. The smallest absolute Gasteiger partial charge is 0.402 e. The van der Waals surface area contributed by atoms with Crippen LogP contribution in [0.2, 0.25) is 0 Å². The van der Waals surface area contributed by atoms with Crippen LogP contribution >= 0.6 is 0 Å². The third-order valence-corrected chi connectivity index (χ3v) is 8.40. The second kappa shape index (κ2) is 9.38. The molecule has 14 heteroatoms. The Morgan fingerprint density at radius 1 is 1.12 bits per heavy atom. The molecule has 0 amide bonds. The number of rotatable bonds is 7. The lowest BCUT2D eigenvalue weighted by atomic mass is 10.1. The molecule has 7 rings (SSSR count). The molecule has 3 fully saturated rings. The van der Waals surface area contributed by atoms with Crippen molar-refractivity contribution < 1.29 is 27.4 Å². The minimum absolute atomic E-state index is 0.0498. The molecule has 5 heterocycles. The number of nitrogens with zero attached hydrogens (tertiary/aromatic N) is 8. The van der Waals surface area contributed by atoms with Crippen molar-refractivity contribution in [2.24, 2.45) is 12.5 Å². The Bertz CT molecular complexity index is 1640. The van der Waals surface area contributed by atoms with E-state index in [0.29, 0.717) is 61.7 Å². The lowest BCUT2D eigenvalue weighted by Crippen LogP contribution is -2.56. The number of benzene rings is 1. The van der Waals surface area contributed by atoms with Gasteiger partial charge < -0.3 is 19.2 Å². The highest BCUT2D eigenvalue weighted by atomic mass is 19.4. The van der Waals surface area contributed by atoms with Gasteiger partial charge in [-0.3, -0.25) is 14.0 Å². The van der Waals surface area contributed by atoms with E-state index in [0.717, 1.165) is 16.9 Å². The number of aryl methyl sites for hydroxylation is 2. The van der Waals surface area contributed by atoms with Crippen LogP contribution in [0.15, 0.2) is 24.3 Å². The highest BCUT2D eigenvalue weighted by molar-refractivity contribution is 5.86. The maximum absolute atomic E-state index is 13.4. The summed E-state index contributed by atoms with van der Waals surface area (Å²) in [5, 5.41) is 0. The molecule has 0 bridgehead atoms. The van der Waals surface area contributed by atoms with Crippen LogP contribution in [0.3, 0.4) is 0 Å². The molecule has 2 aliphatic heterocycles. The fourth-order valence-corrected chi connectivity index (χ4v) is 5.91. The van der Waals surface area contributed by atoms with E-state index in [2.05, 4.69) is 4.90 Å². The van der Waals surface area contributed by atoms with Crippen LogP contribution in [-0.2, 0) is 23.0 Å². The summed E-state index contributed by atoms with van der Waals surface area (Å²) < 4.78 is 55.7. The van der Waals surface area contributed by atoms with Crippen molar-refractivity contribution in [3.8, 4) is 12.0 Å². The van der Waals surface area contributed by atoms with Crippen LogP contribution in [0.25, 0.3) is 28.1 Å². The van der Waals surface area contributed by atoms with E-state index >= 15 is 0 Å². The van der Waals surface area contributed by atoms with Crippen molar-refractivity contribution in [2.45, 2.75) is 38.1 Å². The van der Waals surface area contributed by atoms with Gasteiger partial charge in [0.1, 0.15) is 23.6 Å². The van der Waals surface area contributed by atoms with Gasteiger partial charge in [0.25, 0.3) is 6.01 Å². The number of ether oxygens (including phenoxy) is 2. The number of anilines is 1. The standard InChI is InChI=1S/C27H29F3N8O3/c1-3-20-31-17-6-4-5-7-18(17)38(20)24-33-22-21(23(34-24)36-8-10-40-11-9-36)32-25(35(22)2)41-16-13-37(14-16)19-12-26(19,15-39)27(28,29)30/h4-7,15-16,19H,3,8-14H2,1-2H3. The molecule has 11 nitrogen and oxygen atoms in total. The number of fused-ring (bicyclic) bond motifs is 2. The number of halogens is 3. The number of morpholine rings is 1. The largest absolute Gasteiger partial charge is 0.459 e. The first-order valence-electron chi connectivity index (χ1n) is 13.7. The van der Waals surface area contributed by atoms with E-state index in [1.807, 2.05) is 35.8 Å². The van der Waals surface area contributed by atoms with Gasteiger partial charge in [-0.25, -0.2) is 4.98 Å². The SMILES string of the molecule is CCc1nc2ccccc2n1-c1nc(N2CCOCC2)c2nc(OC3CN(C4CC4(C=O)C(F)(F)F)C3)n(C)c2n1. The first-order chi connectivity index (χ1) is 19.7. The van der Waals surface area contributed by atoms with Gasteiger partial charge in [-0.1, -0.05) is 19.1 Å². The van der Waals surface area contributed by atoms with Crippen LogP contribution in [-0.4, -0.2) is 98.0 Å². The number of aldehydes is 1. The van der Waals surface area contributed by atoms with Crippen LogP contribution in [0.5, 0.6) is 6.01 Å². The van der Waals surface area contributed by atoms with E-state index < -0.39 is 17.6 Å². The number of aromatic nitrogens is 6. The number of alkyl halides is 3. The lowest BCUT2D eigenvalue weighted by molar-refractivity contribution is -0.191. The number of hydrogen-bond donors (Lipinski definition) is 0. The van der Waals surface area contributed by atoms with Crippen LogP contribution in [0, 0.1) is 5.41 Å². The van der Waals surface area contributed by atoms with Crippen molar-refractivity contribution in [3.63, 3.8) is 0 Å². The van der Waals surface area contributed by atoms with Crippen molar-refractivity contribution in [1.82, 2.24) is 34.0 Å². The molecule has 41 heavy (non-hydrogen) atoms. The van der Waals surface area contributed by atoms with E-state index in [1.54, 1.807) is 16.5 Å². The third-order valence-electron chi connectivity index (χ3n) is 8.40. The zero-order valence-corrected chi connectivity index (χ0v) is 22.6. The number of imidazole rings is 2. The Morgan fingerprint density at radius 3 is 2.56 bits per heavy atom. The molecule has 0 spiro atoms. The molecule has 2 unspecified atom stereocenters. The molecule has 216 valence electrons. The summed E-state index contributed by atoms with van der Waals surface area (Å²) in [6.45, 7) is 5.00. The van der Waals surface area contributed by atoms with Gasteiger partial charge in [-0.15, -0.1) is 0 Å². The molecule has 4 aromatic rings. The maximum Gasteiger partial charge on any atom is 0.402 e.